The largest absolute Gasteiger partial charge is 0.444 e. The van der Waals surface area contributed by atoms with Gasteiger partial charge in [-0.3, -0.25) is 0 Å². The number of anilines is 2. The van der Waals surface area contributed by atoms with Crippen molar-refractivity contribution in [2.45, 2.75) is 46.3 Å². The number of nitrogens with zero attached hydrogens (tertiary/aromatic N) is 3. The van der Waals surface area contributed by atoms with E-state index in [1.165, 1.54) is 11.1 Å². The van der Waals surface area contributed by atoms with Crippen LogP contribution in [0.3, 0.4) is 0 Å². The first-order chi connectivity index (χ1) is 13.7. The van der Waals surface area contributed by atoms with Crippen LogP contribution < -0.4 is 5.32 Å². The van der Waals surface area contributed by atoms with Gasteiger partial charge in [0.2, 0.25) is 0 Å². The molecule has 0 radical (unpaired) electrons. The molecule has 3 heterocycles. The Morgan fingerprint density at radius 2 is 2.10 bits per heavy atom. The Hall–Kier alpha value is -2.19. The summed E-state index contributed by atoms with van der Waals surface area (Å²) in [6.45, 7) is 8.88. The van der Waals surface area contributed by atoms with E-state index in [1.807, 2.05) is 26.8 Å². The summed E-state index contributed by atoms with van der Waals surface area (Å²) in [6, 6.07) is 6.17. The number of carbonyl (C=O) groups is 1. The highest BCUT2D eigenvalue weighted by molar-refractivity contribution is 9.10. The number of hydrogen-bond donors (Lipinski definition) is 1. The van der Waals surface area contributed by atoms with Crippen molar-refractivity contribution in [1.29, 1.82) is 0 Å². The molecule has 152 valence electrons. The number of halogens is 1. The van der Waals surface area contributed by atoms with Crippen molar-refractivity contribution in [3.8, 4) is 0 Å². The fourth-order valence-electron chi connectivity index (χ4n) is 3.35. The Kier molecular flexibility index (Phi) is 5.25. The predicted octanol–water partition coefficient (Wildman–Crippen LogP) is 5.80. The zero-order valence-electron chi connectivity index (χ0n) is 16.9. The first-order valence-corrected chi connectivity index (χ1v) is 11.1. The monoisotopic (exact) mass is 474 g/mol. The highest BCUT2D eigenvalue weighted by Gasteiger charge is 2.29. The topological polar surface area (TPSA) is 67.4 Å². The third-order valence-corrected chi connectivity index (χ3v) is 6.45. The Morgan fingerprint density at radius 3 is 2.83 bits per heavy atom. The highest BCUT2D eigenvalue weighted by atomic mass is 79.9. The fourth-order valence-corrected chi connectivity index (χ4v) is 5.15. The first kappa shape index (κ1) is 20.1. The Bertz CT molecular complexity index is 1090. The van der Waals surface area contributed by atoms with Crippen LogP contribution in [0.4, 0.5) is 16.3 Å². The molecule has 0 spiro atoms. The maximum Gasteiger partial charge on any atom is 0.410 e. The molecule has 0 aliphatic carbocycles. The van der Waals surface area contributed by atoms with Crippen LogP contribution in [0.1, 0.15) is 36.8 Å². The van der Waals surface area contributed by atoms with Gasteiger partial charge in [-0.05, 0) is 73.3 Å². The van der Waals surface area contributed by atoms with Crippen molar-refractivity contribution >= 4 is 55.1 Å². The number of aromatic nitrogens is 2. The standard InChI is InChI=1S/C21H23BrN4O2S/c1-12-5-6-15(14(22)9-12)25-18-17-13-7-8-26(20(27)28-21(2,3)4)10-16(13)29-19(17)24-11-23-18/h5-6,9,11H,7-8,10H2,1-4H3,(H,23,24,25). The molecule has 1 aromatic carbocycles. The lowest BCUT2D eigenvalue weighted by atomic mass is 10.1. The molecule has 6 nitrogen and oxygen atoms in total. The van der Waals surface area contributed by atoms with Gasteiger partial charge in [0.25, 0.3) is 0 Å². The van der Waals surface area contributed by atoms with Crippen molar-refractivity contribution in [1.82, 2.24) is 14.9 Å². The number of rotatable bonds is 2. The highest BCUT2D eigenvalue weighted by Crippen LogP contribution is 2.39. The normalized spacial score (nSPS) is 14.0. The molecule has 0 saturated carbocycles. The van der Waals surface area contributed by atoms with Crippen molar-refractivity contribution in [2.75, 3.05) is 11.9 Å². The number of nitrogens with one attached hydrogen (secondary N) is 1. The average Bonchev–Trinajstić information content (AvgIpc) is 3.01. The van der Waals surface area contributed by atoms with E-state index in [1.54, 1.807) is 22.6 Å². The van der Waals surface area contributed by atoms with E-state index in [0.29, 0.717) is 13.1 Å². The number of fused-ring (bicyclic) bond motifs is 3. The summed E-state index contributed by atoms with van der Waals surface area (Å²) in [5.41, 5.74) is 2.87. The number of aryl methyl sites for hydroxylation is 1. The second kappa shape index (κ2) is 7.57. The van der Waals surface area contributed by atoms with E-state index >= 15 is 0 Å². The zero-order valence-corrected chi connectivity index (χ0v) is 19.3. The zero-order chi connectivity index (χ0) is 20.8. The van der Waals surface area contributed by atoms with Crippen LogP contribution in [-0.4, -0.2) is 33.1 Å². The predicted molar refractivity (Wildman–Crippen MR) is 120 cm³/mol. The lowest BCUT2D eigenvalue weighted by molar-refractivity contribution is 0.0227. The van der Waals surface area contributed by atoms with Gasteiger partial charge in [-0.1, -0.05) is 6.07 Å². The summed E-state index contributed by atoms with van der Waals surface area (Å²) in [5.74, 6) is 0.794. The molecule has 8 heteroatoms. The van der Waals surface area contributed by atoms with Gasteiger partial charge in [0.1, 0.15) is 22.6 Å². The minimum absolute atomic E-state index is 0.270. The van der Waals surface area contributed by atoms with Gasteiger partial charge in [-0.25, -0.2) is 14.8 Å². The van der Waals surface area contributed by atoms with E-state index in [2.05, 4.69) is 50.3 Å². The Labute approximate surface area is 182 Å². The minimum Gasteiger partial charge on any atom is -0.444 e. The summed E-state index contributed by atoms with van der Waals surface area (Å²) in [7, 11) is 0. The van der Waals surface area contributed by atoms with Crippen LogP contribution in [0.15, 0.2) is 29.0 Å². The smallest absolute Gasteiger partial charge is 0.410 e. The van der Waals surface area contributed by atoms with Crippen LogP contribution in [0.5, 0.6) is 0 Å². The molecular weight excluding hydrogens is 452 g/mol. The van der Waals surface area contributed by atoms with Crippen LogP contribution in [0.2, 0.25) is 0 Å². The van der Waals surface area contributed by atoms with Crippen molar-refractivity contribution in [3.05, 3.63) is 45.0 Å². The Balaban J connectivity index is 1.65. The van der Waals surface area contributed by atoms with Gasteiger partial charge in [0.05, 0.1) is 17.6 Å². The molecule has 0 atom stereocenters. The van der Waals surface area contributed by atoms with Gasteiger partial charge in [0.15, 0.2) is 0 Å². The molecule has 0 saturated heterocycles. The van der Waals surface area contributed by atoms with E-state index in [4.69, 9.17) is 4.74 Å². The summed E-state index contributed by atoms with van der Waals surface area (Å²) >= 11 is 5.24. The number of thiophene rings is 1. The SMILES string of the molecule is Cc1ccc(Nc2ncnc3sc4c(c23)CCN(C(=O)OC(C)(C)C)C4)c(Br)c1. The maximum atomic E-state index is 12.5. The van der Waals surface area contributed by atoms with E-state index in [9.17, 15) is 4.79 Å². The van der Waals surface area contributed by atoms with Gasteiger partial charge < -0.3 is 15.0 Å². The van der Waals surface area contributed by atoms with Gasteiger partial charge >= 0.3 is 6.09 Å². The molecule has 0 bridgehead atoms. The summed E-state index contributed by atoms with van der Waals surface area (Å²) in [6.07, 6.45) is 2.07. The van der Waals surface area contributed by atoms with E-state index < -0.39 is 5.60 Å². The molecule has 1 aliphatic rings. The summed E-state index contributed by atoms with van der Waals surface area (Å²) in [5, 5.41) is 4.49. The molecule has 1 amide bonds. The molecular formula is C21H23BrN4O2S. The number of ether oxygens (including phenoxy) is 1. The lowest BCUT2D eigenvalue weighted by Gasteiger charge is -2.30. The van der Waals surface area contributed by atoms with Crippen molar-refractivity contribution in [2.24, 2.45) is 0 Å². The average molecular weight is 475 g/mol. The molecule has 1 aliphatic heterocycles. The van der Waals surface area contributed by atoms with Crippen LogP contribution >= 0.6 is 27.3 Å². The summed E-state index contributed by atoms with van der Waals surface area (Å²) < 4.78 is 6.53. The van der Waals surface area contributed by atoms with Crippen molar-refractivity contribution < 1.29 is 9.53 Å². The Morgan fingerprint density at radius 1 is 1.31 bits per heavy atom. The van der Waals surface area contributed by atoms with E-state index in [-0.39, 0.29) is 6.09 Å². The van der Waals surface area contributed by atoms with Crippen LogP contribution in [0, 0.1) is 6.92 Å². The third-order valence-electron chi connectivity index (χ3n) is 4.67. The number of amides is 1. The number of carbonyl (C=O) groups excluding carboxylic acids is 1. The summed E-state index contributed by atoms with van der Waals surface area (Å²) in [4.78, 5) is 25.3. The van der Waals surface area contributed by atoms with E-state index in [0.717, 1.165) is 37.5 Å². The molecule has 3 aromatic rings. The fraction of sp³-hybridized carbons (Fsp3) is 0.381. The molecule has 2 aromatic heterocycles. The van der Waals surface area contributed by atoms with Crippen LogP contribution in [0.25, 0.3) is 10.2 Å². The lowest BCUT2D eigenvalue weighted by Crippen LogP contribution is -2.39. The molecule has 4 rings (SSSR count). The third kappa shape index (κ3) is 4.23. The van der Waals surface area contributed by atoms with Gasteiger partial charge in [-0.15, -0.1) is 11.3 Å². The van der Waals surface area contributed by atoms with Gasteiger partial charge in [0, 0.05) is 15.9 Å². The second-order valence-corrected chi connectivity index (χ2v) is 10.1. The minimum atomic E-state index is -0.498. The number of hydrogen-bond acceptors (Lipinski definition) is 6. The molecule has 0 unspecified atom stereocenters. The number of benzene rings is 1. The van der Waals surface area contributed by atoms with Crippen LogP contribution in [-0.2, 0) is 17.7 Å². The van der Waals surface area contributed by atoms with Gasteiger partial charge in [-0.2, -0.15) is 0 Å². The quantitative estimate of drug-likeness (QED) is 0.508. The second-order valence-electron chi connectivity index (χ2n) is 8.17. The molecule has 1 N–H and O–H groups in total. The van der Waals surface area contributed by atoms with Crippen molar-refractivity contribution in [3.63, 3.8) is 0 Å². The molecule has 0 fully saturated rings. The first-order valence-electron chi connectivity index (χ1n) is 9.47. The molecule has 29 heavy (non-hydrogen) atoms. The maximum absolute atomic E-state index is 12.5.